The van der Waals surface area contributed by atoms with Gasteiger partial charge in [-0.1, -0.05) is 45.4 Å². The van der Waals surface area contributed by atoms with E-state index < -0.39 is 0 Å². The Morgan fingerprint density at radius 3 is 2.57 bits per heavy atom. The molecule has 1 aromatic carbocycles. The van der Waals surface area contributed by atoms with Crippen molar-refractivity contribution in [3.63, 3.8) is 0 Å². The molecule has 0 unspecified atom stereocenters. The summed E-state index contributed by atoms with van der Waals surface area (Å²) >= 11 is 0. The van der Waals surface area contributed by atoms with Crippen molar-refractivity contribution in [1.29, 1.82) is 0 Å². The summed E-state index contributed by atoms with van der Waals surface area (Å²) in [5.74, 6) is 1.56. The highest BCUT2D eigenvalue weighted by molar-refractivity contribution is 5.74. The third-order valence-corrected chi connectivity index (χ3v) is 4.46. The summed E-state index contributed by atoms with van der Waals surface area (Å²) < 4.78 is 5.84. The molecule has 1 saturated heterocycles. The molecule has 1 aliphatic heterocycles. The first kappa shape index (κ1) is 17.6. The molecule has 23 heavy (non-hydrogen) atoms. The molecular formula is C19H30N2O2. The number of carbonyl (C=O) groups excluding carboxylic acids is 1. The number of carbonyl (C=O) groups is 1. The van der Waals surface area contributed by atoms with E-state index in [1.807, 2.05) is 17.0 Å². The van der Waals surface area contributed by atoms with Crippen LogP contribution in [0.2, 0.25) is 0 Å². The van der Waals surface area contributed by atoms with E-state index in [0.717, 1.165) is 37.6 Å². The van der Waals surface area contributed by atoms with Gasteiger partial charge in [0.05, 0.1) is 0 Å². The zero-order chi connectivity index (χ0) is 17.0. The average molecular weight is 318 g/mol. The maximum Gasteiger partial charge on any atom is 0.320 e. The van der Waals surface area contributed by atoms with E-state index in [1.165, 1.54) is 11.1 Å². The SMILES string of the molecule is Cc1ccc(OCNC(=O)N2CCC(C)CC2)c(C(C)(C)C)c1. The molecule has 0 radical (unpaired) electrons. The molecule has 4 nitrogen and oxygen atoms in total. The minimum absolute atomic E-state index is 0.00830. The number of hydrogen-bond donors (Lipinski definition) is 1. The van der Waals surface area contributed by atoms with Crippen molar-refractivity contribution in [2.75, 3.05) is 19.8 Å². The molecule has 1 aromatic rings. The molecule has 0 atom stereocenters. The van der Waals surface area contributed by atoms with Gasteiger partial charge >= 0.3 is 6.03 Å². The van der Waals surface area contributed by atoms with E-state index in [-0.39, 0.29) is 18.2 Å². The van der Waals surface area contributed by atoms with Crippen LogP contribution < -0.4 is 10.1 Å². The van der Waals surface area contributed by atoms with Crippen LogP contribution in [0.25, 0.3) is 0 Å². The van der Waals surface area contributed by atoms with Gasteiger partial charge in [-0.05, 0) is 42.7 Å². The van der Waals surface area contributed by atoms with E-state index >= 15 is 0 Å². The van der Waals surface area contributed by atoms with Crippen molar-refractivity contribution in [3.05, 3.63) is 29.3 Å². The molecule has 4 heteroatoms. The number of nitrogens with zero attached hydrogens (tertiary/aromatic N) is 1. The van der Waals surface area contributed by atoms with Crippen molar-refractivity contribution in [3.8, 4) is 5.75 Å². The van der Waals surface area contributed by atoms with Crippen LogP contribution in [-0.4, -0.2) is 30.8 Å². The molecule has 0 aromatic heterocycles. The number of benzene rings is 1. The van der Waals surface area contributed by atoms with E-state index in [0.29, 0.717) is 0 Å². The van der Waals surface area contributed by atoms with Gasteiger partial charge in [0.1, 0.15) is 5.75 Å². The first-order valence-electron chi connectivity index (χ1n) is 8.54. The number of nitrogens with one attached hydrogen (secondary N) is 1. The summed E-state index contributed by atoms with van der Waals surface area (Å²) in [5.41, 5.74) is 2.39. The lowest BCUT2D eigenvalue weighted by atomic mass is 9.85. The number of urea groups is 1. The van der Waals surface area contributed by atoms with Crippen LogP contribution >= 0.6 is 0 Å². The van der Waals surface area contributed by atoms with E-state index in [2.05, 4.69) is 46.0 Å². The molecule has 1 aliphatic rings. The van der Waals surface area contributed by atoms with Crippen LogP contribution in [0.1, 0.15) is 51.7 Å². The largest absolute Gasteiger partial charge is 0.473 e. The van der Waals surface area contributed by atoms with Gasteiger partial charge in [0, 0.05) is 13.1 Å². The van der Waals surface area contributed by atoms with E-state index in [9.17, 15) is 4.79 Å². The zero-order valence-corrected chi connectivity index (χ0v) is 15.1. The Balaban J connectivity index is 1.90. The lowest BCUT2D eigenvalue weighted by Gasteiger charge is -2.30. The minimum Gasteiger partial charge on any atom is -0.473 e. The fourth-order valence-corrected chi connectivity index (χ4v) is 2.85. The predicted molar refractivity (Wildman–Crippen MR) is 93.9 cm³/mol. The van der Waals surface area contributed by atoms with Gasteiger partial charge in [0.15, 0.2) is 6.73 Å². The van der Waals surface area contributed by atoms with Crippen LogP contribution in [0.15, 0.2) is 18.2 Å². The summed E-state index contributed by atoms with van der Waals surface area (Å²) in [6.07, 6.45) is 2.17. The maximum atomic E-state index is 12.2. The quantitative estimate of drug-likeness (QED) is 0.854. The Morgan fingerprint density at radius 1 is 1.30 bits per heavy atom. The van der Waals surface area contributed by atoms with Crippen molar-refractivity contribution in [2.45, 2.75) is 52.9 Å². The molecular weight excluding hydrogens is 288 g/mol. The summed E-state index contributed by atoms with van der Waals surface area (Å²) in [5, 5.41) is 2.87. The molecule has 1 N–H and O–H groups in total. The molecule has 0 aliphatic carbocycles. The minimum atomic E-state index is -0.0266. The fourth-order valence-electron chi connectivity index (χ4n) is 2.85. The van der Waals surface area contributed by atoms with Crippen molar-refractivity contribution in [2.24, 2.45) is 5.92 Å². The highest BCUT2D eigenvalue weighted by atomic mass is 16.5. The monoisotopic (exact) mass is 318 g/mol. The third kappa shape index (κ3) is 4.88. The summed E-state index contributed by atoms with van der Waals surface area (Å²) in [4.78, 5) is 14.0. The van der Waals surface area contributed by atoms with Crippen LogP contribution in [-0.2, 0) is 5.41 Å². The number of aryl methyl sites for hydroxylation is 1. The van der Waals surface area contributed by atoms with Gasteiger partial charge in [-0.25, -0.2) is 4.79 Å². The lowest BCUT2D eigenvalue weighted by Crippen LogP contribution is -2.45. The first-order valence-corrected chi connectivity index (χ1v) is 8.54. The van der Waals surface area contributed by atoms with Gasteiger partial charge < -0.3 is 15.0 Å². The lowest BCUT2D eigenvalue weighted by molar-refractivity contribution is 0.163. The van der Waals surface area contributed by atoms with Crippen molar-refractivity contribution >= 4 is 6.03 Å². The van der Waals surface area contributed by atoms with Gasteiger partial charge in [-0.3, -0.25) is 0 Å². The van der Waals surface area contributed by atoms with Crippen LogP contribution in [0.3, 0.4) is 0 Å². The smallest absolute Gasteiger partial charge is 0.320 e. The number of hydrogen-bond acceptors (Lipinski definition) is 2. The average Bonchev–Trinajstić information content (AvgIpc) is 2.48. The van der Waals surface area contributed by atoms with Crippen LogP contribution in [0.5, 0.6) is 5.75 Å². The molecule has 2 amide bonds. The van der Waals surface area contributed by atoms with E-state index in [4.69, 9.17) is 4.74 Å². The molecule has 128 valence electrons. The predicted octanol–water partition coefficient (Wildman–Crippen LogP) is 4.07. The second-order valence-electron chi connectivity index (χ2n) is 7.69. The number of rotatable bonds is 3. The Hall–Kier alpha value is -1.71. The highest BCUT2D eigenvalue weighted by Crippen LogP contribution is 2.32. The molecule has 2 rings (SSSR count). The van der Waals surface area contributed by atoms with Gasteiger partial charge in [-0.15, -0.1) is 0 Å². The Morgan fingerprint density at radius 2 is 1.96 bits per heavy atom. The molecule has 1 fully saturated rings. The molecule has 0 bridgehead atoms. The van der Waals surface area contributed by atoms with Crippen molar-refractivity contribution in [1.82, 2.24) is 10.2 Å². The third-order valence-electron chi connectivity index (χ3n) is 4.46. The van der Waals surface area contributed by atoms with Crippen molar-refractivity contribution < 1.29 is 9.53 Å². The first-order chi connectivity index (χ1) is 10.8. The normalized spacial score (nSPS) is 16.3. The van der Waals surface area contributed by atoms with E-state index in [1.54, 1.807) is 0 Å². The van der Waals surface area contributed by atoms with Crippen LogP contribution in [0.4, 0.5) is 4.79 Å². The van der Waals surface area contributed by atoms with Gasteiger partial charge in [-0.2, -0.15) is 0 Å². The molecule has 1 heterocycles. The number of piperidine rings is 1. The zero-order valence-electron chi connectivity index (χ0n) is 15.1. The highest BCUT2D eigenvalue weighted by Gasteiger charge is 2.21. The number of ether oxygens (including phenoxy) is 1. The Kier molecular flexibility index (Phi) is 5.55. The summed E-state index contributed by atoms with van der Waals surface area (Å²) in [6, 6.07) is 6.16. The van der Waals surface area contributed by atoms with Crippen LogP contribution in [0, 0.1) is 12.8 Å². The number of amides is 2. The van der Waals surface area contributed by atoms with Gasteiger partial charge in [0.2, 0.25) is 0 Å². The second kappa shape index (κ2) is 7.24. The maximum absolute atomic E-state index is 12.2. The standard InChI is InChI=1S/C19H30N2O2/c1-14-8-10-21(11-9-14)18(22)20-13-23-17-7-6-15(2)12-16(17)19(3,4)5/h6-7,12,14H,8-11,13H2,1-5H3,(H,20,22). The number of likely N-dealkylation sites (tertiary alicyclic amines) is 1. The second-order valence-corrected chi connectivity index (χ2v) is 7.69. The van der Waals surface area contributed by atoms with Gasteiger partial charge in [0.25, 0.3) is 0 Å². The summed E-state index contributed by atoms with van der Waals surface area (Å²) in [7, 11) is 0. The molecule has 0 saturated carbocycles. The molecule has 0 spiro atoms. The fraction of sp³-hybridized carbons (Fsp3) is 0.632. The summed E-state index contributed by atoms with van der Waals surface area (Å²) in [6.45, 7) is 12.7. The Bertz CT molecular complexity index is 541. The topological polar surface area (TPSA) is 41.6 Å². The Labute approximate surface area is 140 Å².